The summed E-state index contributed by atoms with van der Waals surface area (Å²) in [5.41, 5.74) is 0. The SMILES string of the molecule is C[C@@H]1COCCN1c1cc(Br)nn1COCC[Si](C)(C)C. The van der Waals surface area contributed by atoms with E-state index in [0.29, 0.717) is 12.8 Å². The molecule has 1 fully saturated rings. The Balaban J connectivity index is 1.96. The Morgan fingerprint density at radius 3 is 2.90 bits per heavy atom. The first-order valence-corrected chi connectivity index (χ1v) is 12.0. The second-order valence-corrected chi connectivity index (χ2v) is 13.2. The van der Waals surface area contributed by atoms with Gasteiger partial charge in [0.2, 0.25) is 0 Å². The summed E-state index contributed by atoms with van der Waals surface area (Å²) in [5, 5.41) is 4.49. The molecule has 1 aliphatic rings. The van der Waals surface area contributed by atoms with E-state index < -0.39 is 8.07 Å². The van der Waals surface area contributed by atoms with Crippen molar-refractivity contribution in [3.63, 3.8) is 0 Å². The predicted molar refractivity (Wildman–Crippen MR) is 91.7 cm³/mol. The van der Waals surface area contributed by atoms with E-state index in [1.807, 2.05) is 4.68 Å². The molecule has 5 nitrogen and oxygen atoms in total. The molecule has 1 aromatic heterocycles. The van der Waals surface area contributed by atoms with Crippen molar-refractivity contribution in [3.8, 4) is 0 Å². The van der Waals surface area contributed by atoms with Gasteiger partial charge >= 0.3 is 0 Å². The van der Waals surface area contributed by atoms with Gasteiger partial charge in [-0.15, -0.1) is 0 Å². The number of nitrogens with zero attached hydrogens (tertiary/aromatic N) is 3. The van der Waals surface area contributed by atoms with Crippen molar-refractivity contribution in [1.29, 1.82) is 0 Å². The van der Waals surface area contributed by atoms with Crippen molar-refractivity contribution in [3.05, 3.63) is 10.7 Å². The summed E-state index contributed by atoms with van der Waals surface area (Å²) in [7, 11) is -1.04. The number of ether oxygens (including phenoxy) is 2. The molecule has 0 bridgehead atoms. The van der Waals surface area contributed by atoms with E-state index in [2.05, 4.69) is 58.6 Å². The van der Waals surface area contributed by atoms with Gasteiger partial charge in [-0.2, -0.15) is 5.10 Å². The van der Waals surface area contributed by atoms with Crippen LogP contribution in [0.15, 0.2) is 10.7 Å². The van der Waals surface area contributed by atoms with Crippen LogP contribution in [0.1, 0.15) is 6.92 Å². The molecule has 7 heteroatoms. The molecule has 0 spiro atoms. The van der Waals surface area contributed by atoms with Gasteiger partial charge in [-0.3, -0.25) is 0 Å². The highest BCUT2D eigenvalue weighted by atomic mass is 79.9. The third-order valence-electron chi connectivity index (χ3n) is 3.60. The Morgan fingerprint density at radius 2 is 2.24 bits per heavy atom. The lowest BCUT2D eigenvalue weighted by molar-refractivity contribution is 0.0746. The summed E-state index contributed by atoms with van der Waals surface area (Å²) in [5.74, 6) is 1.10. The first kappa shape index (κ1) is 17.0. The lowest BCUT2D eigenvalue weighted by atomic mass is 10.2. The van der Waals surface area contributed by atoms with Crippen LogP contribution in [-0.4, -0.2) is 50.3 Å². The maximum Gasteiger partial charge on any atom is 0.141 e. The maximum atomic E-state index is 5.83. The molecule has 0 saturated carbocycles. The molecule has 1 aliphatic heterocycles. The standard InChI is InChI=1S/C14H26BrN3O2Si/c1-12-10-19-6-5-17(12)14-9-13(15)16-18(14)11-20-7-8-21(2,3)4/h9,12H,5-8,10-11H2,1-4H3/t12-/m1/s1. The minimum atomic E-state index is -1.04. The van der Waals surface area contributed by atoms with Crippen molar-refractivity contribution < 1.29 is 9.47 Å². The van der Waals surface area contributed by atoms with Crippen molar-refractivity contribution in [2.45, 2.75) is 45.4 Å². The minimum absolute atomic E-state index is 0.364. The molecule has 0 aromatic carbocycles. The summed E-state index contributed by atoms with van der Waals surface area (Å²) in [6.07, 6.45) is 0. The second kappa shape index (κ2) is 7.26. The van der Waals surface area contributed by atoms with Crippen molar-refractivity contribution >= 4 is 29.8 Å². The number of halogens is 1. The Bertz CT molecular complexity index is 462. The number of hydrogen-bond donors (Lipinski definition) is 0. The molecule has 0 aliphatic carbocycles. The normalized spacial score (nSPS) is 20.0. The van der Waals surface area contributed by atoms with Crippen LogP contribution in [0.25, 0.3) is 0 Å². The van der Waals surface area contributed by atoms with E-state index >= 15 is 0 Å². The molecular formula is C14H26BrN3O2Si. The van der Waals surface area contributed by atoms with Crippen molar-refractivity contribution in [2.75, 3.05) is 31.3 Å². The average Bonchev–Trinajstić information content (AvgIpc) is 2.75. The number of anilines is 1. The third-order valence-corrected chi connectivity index (χ3v) is 5.69. The van der Waals surface area contributed by atoms with E-state index in [1.165, 1.54) is 6.04 Å². The zero-order chi connectivity index (χ0) is 15.5. The molecule has 0 amide bonds. The zero-order valence-electron chi connectivity index (χ0n) is 13.4. The van der Waals surface area contributed by atoms with Gasteiger partial charge in [0.05, 0.1) is 19.3 Å². The Kier molecular flexibility index (Phi) is 5.87. The highest BCUT2D eigenvalue weighted by molar-refractivity contribution is 9.10. The molecule has 1 aromatic rings. The van der Waals surface area contributed by atoms with Crippen LogP contribution in [0.4, 0.5) is 5.82 Å². The molecule has 0 unspecified atom stereocenters. The van der Waals surface area contributed by atoms with Crippen LogP contribution in [0, 0.1) is 0 Å². The van der Waals surface area contributed by atoms with E-state index in [1.54, 1.807) is 0 Å². The van der Waals surface area contributed by atoms with Gasteiger partial charge < -0.3 is 14.4 Å². The summed E-state index contributed by atoms with van der Waals surface area (Å²) in [6.45, 7) is 13.0. The van der Waals surface area contributed by atoms with E-state index in [0.717, 1.165) is 36.8 Å². The fourth-order valence-electron chi connectivity index (χ4n) is 2.30. The van der Waals surface area contributed by atoms with Crippen LogP contribution in [0.5, 0.6) is 0 Å². The first-order valence-electron chi connectivity index (χ1n) is 7.52. The number of rotatable bonds is 6. The summed E-state index contributed by atoms with van der Waals surface area (Å²) < 4.78 is 14.1. The second-order valence-electron chi connectivity index (χ2n) is 6.79. The minimum Gasteiger partial charge on any atom is -0.377 e. The van der Waals surface area contributed by atoms with Gasteiger partial charge in [0.1, 0.15) is 17.2 Å². The highest BCUT2D eigenvalue weighted by Gasteiger charge is 2.23. The molecule has 0 N–H and O–H groups in total. The molecule has 2 heterocycles. The first-order chi connectivity index (χ1) is 9.87. The Hall–Kier alpha value is -0.373. The van der Waals surface area contributed by atoms with Crippen LogP contribution in [0.2, 0.25) is 25.7 Å². The fraction of sp³-hybridized carbons (Fsp3) is 0.786. The quantitative estimate of drug-likeness (QED) is 0.565. The molecule has 0 radical (unpaired) electrons. The number of aromatic nitrogens is 2. The predicted octanol–water partition coefficient (Wildman–Crippen LogP) is 3.18. The molecular weight excluding hydrogens is 350 g/mol. The topological polar surface area (TPSA) is 39.5 Å². The van der Waals surface area contributed by atoms with Gasteiger partial charge in [0.15, 0.2) is 0 Å². The highest BCUT2D eigenvalue weighted by Crippen LogP contribution is 2.23. The molecule has 120 valence electrons. The zero-order valence-corrected chi connectivity index (χ0v) is 16.0. The van der Waals surface area contributed by atoms with Crippen molar-refractivity contribution in [2.24, 2.45) is 0 Å². The smallest absolute Gasteiger partial charge is 0.141 e. The lowest BCUT2D eigenvalue weighted by Gasteiger charge is -2.35. The van der Waals surface area contributed by atoms with Gasteiger partial charge in [-0.25, -0.2) is 4.68 Å². The monoisotopic (exact) mass is 375 g/mol. The Labute approximate surface area is 136 Å². The molecule has 2 rings (SSSR count). The summed E-state index contributed by atoms with van der Waals surface area (Å²) >= 11 is 3.47. The molecule has 1 saturated heterocycles. The number of hydrogen-bond acceptors (Lipinski definition) is 4. The van der Waals surface area contributed by atoms with Crippen LogP contribution < -0.4 is 4.90 Å². The van der Waals surface area contributed by atoms with Crippen LogP contribution >= 0.6 is 15.9 Å². The number of morpholine rings is 1. The fourth-order valence-corrected chi connectivity index (χ4v) is 3.45. The van der Waals surface area contributed by atoms with Gasteiger partial charge in [-0.05, 0) is 28.9 Å². The van der Waals surface area contributed by atoms with Gasteiger partial charge in [-0.1, -0.05) is 19.6 Å². The van der Waals surface area contributed by atoms with Crippen molar-refractivity contribution in [1.82, 2.24) is 9.78 Å². The molecule has 1 atom stereocenters. The maximum absolute atomic E-state index is 5.83. The molecule has 21 heavy (non-hydrogen) atoms. The summed E-state index contributed by atoms with van der Waals surface area (Å²) in [6, 6.07) is 3.60. The largest absolute Gasteiger partial charge is 0.377 e. The van der Waals surface area contributed by atoms with Gasteiger partial charge in [0, 0.05) is 27.3 Å². The van der Waals surface area contributed by atoms with E-state index in [9.17, 15) is 0 Å². The average molecular weight is 376 g/mol. The summed E-state index contributed by atoms with van der Waals surface area (Å²) in [4.78, 5) is 2.34. The van der Waals surface area contributed by atoms with Crippen LogP contribution in [0.3, 0.4) is 0 Å². The third kappa shape index (κ3) is 5.09. The van der Waals surface area contributed by atoms with Gasteiger partial charge in [0.25, 0.3) is 0 Å². The van der Waals surface area contributed by atoms with Crippen LogP contribution in [-0.2, 0) is 16.2 Å². The van der Waals surface area contributed by atoms with E-state index in [-0.39, 0.29) is 0 Å². The lowest BCUT2D eigenvalue weighted by Crippen LogP contribution is -2.44. The Morgan fingerprint density at radius 1 is 1.48 bits per heavy atom. The van der Waals surface area contributed by atoms with E-state index in [4.69, 9.17) is 9.47 Å².